The van der Waals surface area contributed by atoms with E-state index in [0.717, 1.165) is 0 Å². The van der Waals surface area contributed by atoms with Gasteiger partial charge in [0.2, 0.25) is 11.4 Å². The van der Waals surface area contributed by atoms with Crippen LogP contribution in [-0.4, -0.2) is 74.4 Å². The van der Waals surface area contributed by atoms with Gasteiger partial charge in [-0.05, 0) is 62.3 Å². The summed E-state index contributed by atoms with van der Waals surface area (Å²) in [6, 6.07) is 0. The Balaban J connectivity index is 3.80. The molecule has 0 radical (unpaired) electrons. The highest BCUT2D eigenvalue weighted by atomic mass is 16.6. The maximum absolute atomic E-state index is 13.0. The van der Waals surface area contributed by atoms with Crippen molar-refractivity contribution in [1.29, 1.82) is 0 Å². The maximum Gasteiger partial charge on any atom is 0.374 e. The average Bonchev–Trinajstić information content (AvgIpc) is 2.51. The number of hydrogen-bond acceptors (Lipinski definition) is 10. The van der Waals surface area contributed by atoms with Gasteiger partial charge in [0.15, 0.2) is 6.10 Å². The van der Waals surface area contributed by atoms with Crippen LogP contribution in [0.5, 0.6) is 0 Å². The number of carbonyl (C=O) groups is 3. The van der Waals surface area contributed by atoms with E-state index in [-0.39, 0.29) is 0 Å². The molecular weight excluding hydrogens is 412 g/mol. The summed E-state index contributed by atoms with van der Waals surface area (Å²) in [6.45, 7) is 12.9. The van der Waals surface area contributed by atoms with Gasteiger partial charge in [0.05, 0.1) is 6.61 Å². The number of ether oxygens (including phenoxy) is 4. The first-order valence-electron chi connectivity index (χ1n) is 9.86. The Morgan fingerprint density at radius 1 is 0.871 bits per heavy atom. The molecule has 0 saturated carbocycles. The third-order valence-electron chi connectivity index (χ3n) is 3.73. The lowest BCUT2D eigenvalue weighted by molar-refractivity contribution is -0.206. The van der Waals surface area contributed by atoms with E-state index < -0.39 is 70.5 Å². The van der Waals surface area contributed by atoms with Crippen LogP contribution in [0.1, 0.15) is 62.3 Å². The highest BCUT2D eigenvalue weighted by molar-refractivity contribution is 6.07. The molecule has 0 amide bonds. The first kappa shape index (κ1) is 26.9. The molecule has 0 aromatic rings. The van der Waals surface area contributed by atoms with E-state index in [1.807, 2.05) is 0 Å². The number of aliphatic hydroxyl groups is 3. The third-order valence-corrected chi connectivity index (χ3v) is 3.73. The molecule has 0 fully saturated rings. The van der Waals surface area contributed by atoms with Crippen molar-refractivity contribution in [2.75, 3.05) is 6.61 Å². The standard InChI is InChI=1S/C21H34O10/c1-18(2,3)29-15(24)12-13(16(25)30-19(4,5)6)28-11(10-22)14(23)21(12,27)17(26)31-20(7,8)9/h11,14,22-23,27H,10H2,1-9H3/t11-,14-,21-/m1/s1. The number of esters is 3. The highest BCUT2D eigenvalue weighted by Crippen LogP contribution is 2.38. The van der Waals surface area contributed by atoms with Crippen molar-refractivity contribution in [3.8, 4) is 0 Å². The van der Waals surface area contributed by atoms with Crippen LogP contribution in [0.3, 0.4) is 0 Å². The second kappa shape index (κ2) is 8.76. The molecule has 0 bridgehead atoms. The molecular formula is C21H34O10. The summed E-state index contributed by atoms with van der Waals surface area (Å²) in [7, 11) is 0. The van der Waals surface area contributed by atoms with Crippen LogP contribution in [0, 0.1) is 0 Å². The number of aliphatic hydroxyl groups excluding tert-OH is 2. The van der Waals surface area contributed by atoms with Crippen molar-refractivity contribution in [2.24, 2.45) is 0 Å². The Bertz CT molecular complexity index is 748. The van der Waals surface area contributed by atoms with Crippen LogP contribution in [0.4, 0.5) is 0 Å². The summed E-state index contributed by atoms with van der Waals surface area (Å²) in [6.07, 6.45) is -3.78. The van der Waals surface area contributed by atoms with Crippen molar-refractivity contribution < 1.29 is 48.7 Å². The molecule has 0 unspecified atom stereocenters. The van der Waals surface area contributed by atoms with E-state index in [1.165, 1.54) is 41.5 Å². The molecule has 0 spiro atoms. The first-order valence-corrected chi connectivity index (χ1v) is 9.86. The fraction of sp³-hybridized carbons (Fsp3) is 0.762. The van der Waals surface area contributed by atoms with Crippen LogP contribution in [0.25, 0.3) is 0 Å². The summed E-state index contributed by atoms with van der Waals surface area (Å²) in [4.78, 5) is 38.8. The van der Waals surface area contributed by atoms with E-state index in [2.05, 4.69) is 0 Å². The molecule has 0 aromatic heterocycles. The minimum atomic E-state index is -3.08. The van der Waals surface area contributed by atoms with Crippen LogP contribution >= 0.6 is 0 Å². The van der Waals surface area contributed by atoms with E-state index >= 15 is 0 Å². The molecule has 178 valence electrons. The Morgan fingerprint density at radius 3 is 1.68 bits per heavy atom. The van der Waals surface area contributed by atoms with Crippen molar-refractivity contribution in [3.05, 3.63) is 11.3 Å². The fourth-order valence-corrected chi connectivity index (χ4v) is 2.63. The monoisotopic (exact) mass is 446 g/mol. The van der Waals surface area contributed by atoms with Crippen molar-refractivity contribution in [2.45, 2.75) is 96.9 Å². The Hall–Kier alpha value is -2.17. The fourth-order valence-electron chi connectivity index (χ4n) is 2.63. The highest BCUT2D eigenvalue weighted by Gasteiger charge is 2.61. The van der Waals surface area contributed by atoms with Crippen LogP contribution in [0.2, 0.25) is 0 Å². The van der Waals surface area contributed by atoms with Crippen molar-refractivity contribution >= 4 is 17.9 Å². The van der Waals surface area contributed by atoms with E-state index in [0.29, 0.717) is 0 Å². The van der Waals surface area contributed by atoms with Gasteiger partial charge in [-0.15, -0.1) is 0 Å². The predicted octanol–water partition coefficient (Wildman–Crippen LogP) is 0.749. The van der Waals surface area contributed by atoms with Crippen LogP contribution < -0.4 is 0 Å². The van der Waals surface area contributed by atoms with Crippen LogP contribution in [-0.2, 0) is 33.3 Å². The zero-order chi connectivity index (χ0) is 24.6. The van der Waals surface area contributed by atoms with Crippen LogP contribution in [0.15, 0.2) is 11.3 Å². The molecule has 1 rings (SSSR count). The Kier molecular flexibility index (Phi) is 7.59. The number of carbonyl (C=O) groups excluding carboxylic acids is 3. The van der Waals surface area contributed by atoms with Gasteiger partial charge in [-0.3, -0.25) is 0 Å². The molecule has 10 heteroatoms. The minimum absolute atomic E-state index is 0.859. The summed E-state index contributed by atoms with van der Waals surface area (Å²) in [5.74, 6) is -4.77. The molecule has 0 saturated heterocycles. The lowest BCUT2D eigenvalue weighted by Crippen LogP contribution is -2.63. The maximum atomic E-state index is 13.0. The summed E-state index contributed by atoms with van der Waals surface area (Å²) < 4.78 is 21.0. The zero-order valence-electron chi connectivity index (χ0n) is 19.6. The van der Waals surface area contributed by atoms with Gasteiger partial charge in [0.25, 0.3) is 0 Å². The molecule has 31 heavy (non-hydrogen) atoms. The molecule has 3 N–H and O–H groups in total. The van der Waals surface area contributed by atoms with Gasteiger partial charge in [-0.2, -0.15) is 0 Å². The first-order chi connectivity index (χ1) is 13.7. The smallest absolute Gasteiger partial charge is 0.374 e. The molecule has 3 atom stereocenters. The lowest BCUT2D eigenvalue weighted by atomic mass is 9.81. The number of rotatable bonds is 4. The average molecular weight is 446 g/mol. The summed E-state index contributed by atoms with van der Waals surface area (Å²) >= 11 is 0. The SMILES string of the molecule is CC(C)(C)OC(=O)C1=C(C(=O)OC(C)(C)C)[C@](O)(C(=O)OC(C)(C)C)[C@H](O)[C@@H](CO)O1. The van der Waals surface area contributed by atoms with Gasteiger partial charge in [0, 0.05) is 0 Å². The van der Waals surface area contributed by atoms with Crippen molar-refractivity contribution in [3.63, 3.8) is 0 Å². The van der Waals surface area contributed by atoms with Gasteiger partial charge < -0.3 is 34.3 Å². The second-order valence-corrected chi connectivity index (χ2v) is 10.3. The lowest BCUT2D eigenvalue weighted by Gasteiger charge is -2.42. The van der Waals surface area contributed by atoms with Gasteiger partial charge in [0.1, 0.15) is 28.5 Å². The Labute approximate surface area is 182 Å². The van der Waals surface area contributed by atoms with E-state index in [1.54, 1.807) is 20.8 Å². The minimum Gasteiger partial charge on any atom is -0.477 e. The van der Waals surface area contributed by atoms with E-state index in [9.17, 15) is 29.7 Å². The molecule has 10 nitrogen and oxygen atoms in total. The van der Waals surface area contributed by atoms with Gasteiger partial charge in [-0.25, -0.2) is 14.4 Å². The third kappa shape index (κ3) is 6.65. The van der Waals surface area contributed by atoms with Crippen molar-refractivity contribution in [1.82, 2.24) is 0 Å². The summed E-state index contributed by atoms with van der Waals surface area (Å²) in [5.41, 5.74) is -7.28. The van der Waals surface area contributed by atoms with Gasteiger partial charge in [-0.1, -0.05) is 0 Å². The topological polar surface area (TPSA) is 149 Å². The van der Waals surface area contributed by atoms with E-state index in [4.69, 9.17) is 18.9 Å². The quantitative estimate of drug-likeness (QED) is 0.417. The Morgan fingerprint density at radius 2 is 1.29 bits per heavy atom. The molecule has 1 aliphatic rings. The molecule has 1 heterocycles. The molecule has 1 aliphatic heterocycles. The zero-order valence-corrected chi connectivity index (χ0v) is 19.6. The second-order valence-electron chi connectivity index (χ2n) is 10.3. The largest absolute Gasteiger partial charge is 0.477 e. The van der Waals surface area contributed by atoms with Gasteiger partial charge >= 0.3 is 17.9 Å². The number of hydrogen-bond donors (Lipinski definition) is 3. The summed E-state index contributed by atoms with van der Waals surface area (Å²) in [5, 5.41) is 31.6. The molecule has 0 aliphatic carbocycles. The predicted molar refractivity (Wildman–Crippen MR) is 107 cm³/mol. The molecule has 0 aromatic carbocycles. The normalized spacial score (nSPS) is 24.9.